The standard InChI is InChI=1S/C28H35NO/c1-27(2,3)24-12-8-20(9-13-24)16-22-18-29(7)19-23(26(22)30)17-21-10-14-25(15-11-21)28(4,5)6/h8-17H,18-19H2,1-7H3. The molecule has 0 radical (unpaired) electrons. The summed E-state index contributed by atoms with van der Waals surface area (Å²) in [4.78, 5) is 15.4. The third-order valence-corrected chi connectivity index (χ3v) is 5.70. The van der Waals surface area contributed by atoms with Crippen molar-refractivity contribution in [3.8, 4) is 0 Å². The van der Waals surface area contributed by atoms with Crippen LogP contribution in [0.5, 0.6) is 0 Å². The van der Waals surface area contributed by atoms with Gasteiger partial charge in [0.15, 0.2) is 5.78 Å². The summed E-state index contributed by atoms with van der Waals surface area (Å²) in [5.41, 5.74) is 6.73. The maximum atomic E-state index is 13.2. The molecule has 0 N–H and O–H groups in total. The normalized spacial score (nSPS) is 19.0. The van der Waals surface area contributed by atoms with Gasteiger partial charge in [-0.15, -0.1) is 0 Å². The van der Waals surface area contributed by atoms with Crippen LogP contribution in [0.2, 0.25) is 0 Å². The van der Waals surface area contributed by atoms with Gasteiger partial charge >= 0.3 is 0 Å². The molecule has 0 aromatic heterocycles. The Morgan fingerprint density at radius 2 is 1.00 bits per heavy atom. The van der Waals surface area contributed by atoms with E-state index < -0.39 is 0 Å². The van der Waals surface area contributed by atoms with Gasteiger partial charge in [0.05, 0.1) is 0 Å². The second-order valence-corrected chi connectivity index (χ2v) is 10.6. The van der Waals surface area contributed by atoms with Crippen molar-refractivity contribution in [1.29, 1.82) is 0 Å². The van der Waals surface area contributed by atoms with Gasteiger partial charge in [0.25, 0.3) is 0 Å². The van der Waals surface area contributed by atoms with Crippen LogP contribution in [0.15, 0.2) is 59.7 Å². The van der Waals surface area contributed by atoms with E-state index in [2.05, 4.69) is 102 Å². The smallest absolute Gasteiger partial charge is 0.187 e. The van der Waals surface area contributed by atoms with Crippen LogP contribution >= 0.6 is 0 Å². The van der Waals surface area contributed by atoms with E-state index in [1.807, 2.05) is 12.2 Å². The minimum atomic E-state index is 0.130. The number of nitrogens with zero attached hydrogens (tertiary/aromatic N) is 1. The molecule has 1 aliphatic rings. The fourth-order valence-corrected chi connectivity index (χ4v) is 3.77. The Morgan fingerprint density at radius 3 is 1.30 bits per heavy atom. The number of likely N-dealkylation sites (tertiary alicyclic amines) is 1. The van der Waals surface area contributed by atoms with Gasteiger partial charge in [0.2, 0.25) is 0 Å². The third kappa shape index (κ3) is 5.37. The zero-order valence-electron chi connectivity index (χ0n) is 19.5. The van der Waals surface area contributed by atoms with E-state index in [1.165, 1.54) is 11.1 Å². The summed E-state index contributed by atoms with van der Waals surface area (Å²) < 4.78 is 0. The molecule has 0 atom stereocenters. The molecular formula is C28H35NO. The van der Waals surface area contributed by atoms with E-state index >= 15 is 0 Å². The first-order valence-corrected chi connectivity index (χ1v) is 10.8. The van der Waals surface area contributed by atoms with Gasteiger partial charge < -0.3 is 0 Å². The molecule has 0 bridgehead atoms. The second-order valence-electron chi connectivity index (χ2n) is 10.6. The fraction of sp³-hybridized carbons (Fsp3) is 0.393. The summed E-state index contributed by atoms with van der Waals surface area (Å²) in [6.07, 6.45) is 4.09. The quantitative estimate of drug-likeness (QED) is 0.553. The van der Waals surface area contributed by atoms with Gasteiger partial charge in [-0.3, -0.25) is 9.69 Å². The first-order chi connectivity index (χ1) is 13.9. The van der Waals surface area contributed by atoms with Crippen molar-refractivity contribution in [2.75, 3.05) is 20.1 Å². The molecule has 1 aliphatic heterocycles. The lowest BCUT2D eigenvalue weighted by Gasteiger charge is -2.26. The fourth-order valence-electron chi connectivity index (χ4n) is 3.77. The zero-order valence-corrected chi connectivity index (χ0v) is 19.5. The molecule has 1 fully saturated rings. The van der Waals surface area contributed by atoms with E-state index in [0.29, 0.717) is 13.1 Å². The number of carbonyl (C=O) groups excluding carboxylic acids is 1. The molecular weight excluding hydrogens is 366 g/mol. The minimum absolute atomic E-state index is 0.130. The molecule has 0 amide bonds. The van der Waals surface area contributed by atoms with Crippen molar-refractivity contribution in [1.82, 2.24) is 4.90 Å². The summed E-state index contributed by atoms with van der Waals surface area (Å²) in [7, 11) is 2.07. The van der Waals surface area contributed by atoms with Crippen LogP contribution in [0.4, 0.5) is 0 Å². The first kappa shape index (κ1) is 22.2. The molecule has 1 heterocycles. The Hall–Kier alpha value is -2.45. The van der Waals surface area contributed by atoms with Crippen molar-refractivity contribution < 1.29 is 4.79 Å². The summed E-state index contributed by atoms with van der Waals surface area (Å²) >= 11 is 0. The Bertz CT molecular complexity index is 882. The Balaban J connectivity index is 1.86. The lowest BCUT2D eigenvalue weighted by atomic mass is 9.86. The Labute approximate surface area is 182 Å². The zero-order chi connectivity index (χ0) is 22.1. The van der Waals surface area contributed by atoms with Crippen molar-refractivity contribution in [3.05, 3.63) is 81.9 Å². The molecule has 0 aliphatic carbocycles. The maximum absolute atomic E-state index is 13.2. The van der Waals surface area contributed by atoms with Crippen LogP contribution in [0.1, 0.15) is 63.8 Å². The molecule has 158 valence electrons. The van der Waals surface area contributed by atoms with Crippen LogP contribution in [-0.4, -0.2) is 30.8 Å². The summed E-state index contributed by atoms with van der Waals surface area (Å²) in [6, 6.07) is 17.1. The number of likely N-dealkylation sites (N-methyl/N-ethyl adjacent to an activating group) is 1. The lowest BCUT2D eigenvalue weighted by molar-refractivity contribution is -0.113. The third-order valence-electron chi connectivity index (χ3n) is 5.70. The van der Waals surface area contributed by atoms with Crippen LogP contribution in [0.3, 0.4) is 0 Å². The molecule has 2 nitrogen and oxygen atoms in total. The highest BCUT2D eigenvalue weighted by atomic mass is 16.1. The minimum Gasteiger partial charge on any atom is -0.298 e. The van der Waals surface area contributed by atoms with Gasteiger partial charge in [-0.05, 0) is 52.3 Å². The van der Waals surface area contributed by atoms with Gasteiger partial charge in [0.1, 0.15) is 0 Å². The monoisotopic (exact) mass is 401 g/mol. The number of carbonyl (C=O) groups is 1. The van der Waals surface area contributed by atoms with Gasteiger partial charge in [-0.25, -0.2) is 0 Å². The van der Waals surface area contributed by atoms with Crippen molar-refractivity contribution >= 4 is 17.9 Å². The van der Waals surface area contributed by atoms with Crippen LogP contribution in [-0.2, 0) is 15.6 Å². The van der Waals surface area contributed by atoms with Gasteiger partial charge in [-0.1, -0.05) is 90.1 Å². The predicted molar refractivity (Wildman–Crippen MR) is 129 cm³/mol. The first-order valence-electron chi connectivity index (χ1n) is 10.8. The van der Waals surface area contributed by atoms with E-state index in [1.54, 1.807) is 0 Å². The van der Waals surface area contributed by atoms with Gasteiger partial charge in [-0.2, -0.15) is 0 Å². The van der Waals surface area contributed by atoms with Crippen molar-refractivity contribution in [2.24, 2.45) is 0 Å². The topological polar surface area (TPSA) is 20.3 Å². The number of hydrogen-bond donors (Lipinski definition) is 0. The maximum Gasteiger partial charge on any atom is 0.187 e. The van der Waals surface area contributed by atoms with Crippen LogP contribution in [0, 0.1) is 0 Å². The lowest BCUT2D eigenvalue weighted by Crippen LogP contribution is -2.34. The second kappa shape index (κ2) is 8.35. The number of rotatable bonds is 2. The molecule has 2 aromatic rings. The van der Waals surface area contributed by atoms with E-state index in [4.69, 9.17) is 0 Å². The van der Waals surface area contributed by atoms with Gasteiger partial charge in [0, 0.05) is 24.2 Å². The molecule has 0 unspecified atom stereocenters. The predicted octanol–water partition coefficient (Wildman–Crippen LogP) is 6.26. The number of piperidine rings is 1. The highest BCUT2D eigenvalue weighted by molar-refractivity contribution is 6.14. The number of benzene rings is 2. The van der Waals surface area contributed by atoms with Crippen molar-refractivity contribution in [2.45, 2.75) is 52.4 Å². The summed E-state index contributed by atoms with van der Waals surface area (Å²) in [5, 5.41) is 0. The highest BCUT2D eigenvalue weighted by Crippen LogP contribution is 2.26. The van der Waals surface area contributed by atoms with E-state index in [-0.39, 0.29) is 16.6 Å². The molecule has 30 heavy (non-hydrogen) atoms. The number of Topliss-reactive ketones (excluding diaryl/α,β-unsaturated/α-hetero) is 1. The van der Waals surface area contributed by atoms with Crippen molar-refractivity contribution in [3.63, 3.8) is 0 Å². The highest BCUT2D eigenvalue weighted by Gasteiger charge is 2.24. The average molecular weight is 402 g/mol. The average Bonchev–Trinajstić information content (AvgIpc) is 2.65. The van der Waals surface area contributed by atoms with E-state index in [0.717, 1.165) is 22.3 Å². The Morgan fingerprint density at radius 1 is 0.667 bits per heavy atom. The Kier molecular flexibility index (Phi) is 6.19. The summed E-state index contributed by atoms with van der Waals surface area (Å²) in [6.45, 7) is 14.6. The molecule has 2 aromatic carbocycles. The molecule has 2 heteroatoms. The van der Waals surface area contributed by atoms with Crippen LogP contribution in [0.25, 0.3) is 12.2 Å². The largest absolute Gasteiger partial charge is 0.298 e. The molecule has 3 rings (SSSR count). The number of hydrogen-bond acceptors (Lipinski definition) is 2. The SMILES string of the molecule is CN1CC(=Cc2ccc(C(C)(C)C)cc2)C(=O)C(=Cc2ccc(C(C)(C)C)cc2)C1. The molecule has 0 spiro atoms. The number of ketones is 1. The summed E-state index contributed by atoms with van der Waals surface area (Å²) in [5.74, 6) is 0.160. The van der Waals surface area contributed by atoms with E-state index in [9.17, 15) is 4.79 Å². The molecule has 0 saturated carbocycles. The van der Waals surface area contributed by atoms with Crippen LogP contribution < -0.4 is 0 Å². The molecule has 1 saturated heterocycles.